The van der Waals surface area contributed by atoms with Crippen LogP contribution in [0.15, 0.2) is 18.2 Å². The Bertz CT molecular complexity index is 543. The SMILES string of the molecule is COc1ccc([N+](=O)[O-])cc1C[C@@H](NC(C)=O)C(=O)O. The number of carbonyl (C=O) groups is 2. The minimum absolute atomic E-state index is 0.111. The maximum absolute atomic E-state index is 11.1. The van der Waals surface area contributed by atoms with Gasteiger partial charge in [-0.15, -0.1) is 0 Å². The summed E-state index contributed by atoms with van der Waals surface area (Å²) >= 11 is 0. The zero-order valence-electron chi connectivity index (χ0n) is 11.0. The molecule has 2 N–H and O–H groups in total. The number of nitro benzene ring substituents is 1. The van der Waals surface area contributed by atoms with E-state index in [1.54, 1.807) is 0 Å². The van der Waals surface area contributed by atoms with E-state index in [1.807, 2.05) is 0 Å². The molecule has 8 heteroatoms. The van der Waals surface area contributed by atoms with Crippen molar-refractivity contribution in [3.63, 3.8) is 0 Å². The van der Waals surface area contributed by atoms with Crippen molar-refractivity contribution in [2.45, 2.75) is 19.4 Å². The van der Waals surface area contributed by atoms with Gasteiger partial charge in [0.25, 0.3) is 5.69 Å². The van der Waals surface area contributed by atoms with Crippen LogP contribution in [0.4, 0.5) is 5.69 Å². The van der Waals surface area contributed by atoms with Crippen LogP contribution in [-0.2, 0) is 16.0 Å². The largest absolute Gasteiger partial charge is 0.496 e. The van der Waals surface area contributed by atoms with Gasteiger partial charge in [-0.1, -0.05) is 0 Å². The fourth-order valence-corrected chi connectivity index (χ4v) is 1.70. The standard InChI is InChI=1S/C12H14N2O6/c1-7(15)13-10(12(16)17)6-8-5-9(14(18)19)3-4-11(8)20-2/h3-5,10H,6H2,1-2H3,(H,13,15)(H,16,17)/t10-/m1/s1. The monoisotopic (exact) mass is 282 g/mol. The first kappa shape index (κ1) is 15.4. The number of hydrogen-bond donors (Lipinski definition) is 2. The van der Waals surface area contributed by atoms with Crippen molar-refractivity contribution >= 4 is 17.6 Å². The highest BCUT2D eigenvalue weighted by molar-refractivity contribution is 5.82. The Kier molecular flexibility index (Phi) is 5.01. The van der Waals surface area contributed by atoms with Crippen LogP contribution in [0.2, 0.25) is 0 Å². The summed E-state index contributed by atoms with van der Waals surface area (Å²) in [5.74, 6) is -1.40. The van der Waals surface area contributed by atoms with Crippen LogP contribution in [0.1, 0.15) is 12.5 Å². The van der Waals surface area contributed by atoms with Crippen LogP contribution in [0.3, 0.4) is 0 Å². The van der Waals surface area contributed by atoms with Gasteiger partial charge in [-0.05, 0) is 6.07 Å². The topological polar surface area (TPSA) is 119 Å². The van der Waals surface area contributed by atoms with Crippen molar-refractivity contribution in [1.29, 1.82) is 0 Å². The lowest BCUT2D eigenvalue weighted by Crippen LogP contribution is -2.41. The zero-order valence-corrected chi connectivity index (χ0v) is 11.0. The third kappa shape index (κ3) is 3.94. The van der Waals surface area contributed by atoms with E-state index in [0.717, 1.165) is 0 Å². The minimum Gasteiger partial charge on any atom is -0.496 e. The lowest BCUT2D eigenvalue weighted by molar-refractivity contribution is -0.384. The van der Waals surface area contributed by atoms with Gasteiger partial charge >= 0.3 is 5.97 Å². The highest BCUT2D eigenvalue weighted by Gasteiger charge is 2.22. The van der Waals surface area contributed by atoms with Gasteiger partial charge in [0.1, 0.15) is 11.8 Å². The molecule has 1 aromatic carbocycles. The third-order valence-corrected chi connectivity index (χ3v) is 2.57. The first-order valence-electron chi connectivity index (χ1n) is 5.66. The molecule has 1 amide bonds. The first-order chi connectivity index (χ1) is 9.35. The summed E-state index contributed by atoms with van der Waals surface area (Å²) in [6.45, 7) is 1.20. The van der Waals surface area contributed by atoms with Crippen LogP contribution in [-0.4, -0.2) is 35.1 Å². The number of nitrogens with zero attached hydrogens (tertiary/aromatic N) is 1. The molecule has 0 fully saturated rings. The molecule has 1 aromatic rings. The van der Waals surface area contributed by atoms with E-state index in [9.17, 15) is 19.7 Å². The molecule has 0 spiro atoms. The van der Waals surface area contributed by atoms with Gasteiger partial charge in [-0.3, -0.25) is 14.9 Å². The molecule has 0 saturated carbocycles. The number of carbonyl (C=O) groups excluding carboxylic acids is 1. The summed E-state index contributed by atoms with van der Waals surface area (Å²) < 4.78 is 5.04. The summed E-state index contributed by atoms with van der Waals surface area (Å²) in [7, 11) is 1.37. The fourth-order valence-electron chi connectivity index (χ4n) is 1.70. The van der Waals surface area contributed by atoms with E-state index < -0.39 is 22.8 Å². The molecule has 0 aliphatic rings. The second kappa shape index (κ2) is 6.50. The number of nitro groups is 1. The highest BCUT2D eigenvalue weighted by Crippen LogP contribution is 2.25. The average Bonchev–Trinajstić information content (AvgIpc) is 2.37. The molecule has 0 aliphatic carbocycles. The van der Waals surface area contributed by atoms with Gasteiger partial charge in [0.05, 0.1) is 12.0 Å². The van der Waals surface area contributed by atoms with Crippen molar-refractivity contribution < 1.29 is 24.4 Å². The smallest absolute Gasteiger partial charge is 0.326 e. The van der Waals surface area contributed by atoms with Gasteiger partial charge in [0, 0.05) is 31.0 Å². The first-order valence-corrected chi connectivity index (χ1v) is 5.66. The number of benzene rings is 1. The van der Waals surface area contributed by atoms with Crippen molar-refractivity contribution in [1.82, 2.24) is 5.32 Å². The molecule has 0 heterocycles. The maximum atomic E-state index is 11.1. The lowest BCUT2D eigenvalue weighted by Gasteiger charge is -2.15. The maximum Gasteiger partial charge on any atom is 0.326 e. The summed E-state index contributed by atoms with van der Waals surface area (Å²) in [4.78, 5) is 32.2. The predicted molar refractivity (Wildman–Crippen MR) is 68.6 cm³/mol. The van der Waals surface area contributed by atoms with E-state index in [0.29, 0.717) is 11.3 Å². The van der Waals surface area contributed by atoms with Crippen molar-refractivity contribution in [3.8, 4) is 5.75 Å². The number of ether oxygens (including phenoxy) is 1. The number of hydrogen-bond acceptors (Lipinski definition) is 5. The van der Waals surface area contributed by atoms with E-state index in [2.05, 4.69) is 5.32 Å². The van der Waals surface area contributed by atoms with E-state index in [4.69, 9.17) is 9.84 Å². The number of rotatable bonds is 6. The molecule has 0 unspecified atom stereocenters. The van der Waals surface area contributed by atoms with Crippen LogP contribution >= 0.6 is 0 Å². The number of nitrogens with one attached hydrogen (secondary N) is 1. The summed E-state index contributed by atoms with van der Waals surface area (Å²) in [6.07, 6.45) is -0.111. The van der Waals surface area contributed by atoms with Crippen LogP contribution in [0, 0.1) is 10.1 Å². The molecule has 0 bridgehead atoms. The molecule has 0 saturated heterocycles. The van der Waals surface area contributed by atoms with Crippen LogP contribution in [0.5, 0.6) is 5.75 Å². The molecular weight excluding hydrogens is 268 g/mol. The molecule has 20 heavy (non-hydrogen) atoms. The van der Waals surface area contributed by atoms with Crippen molar-refractivity contribution in [3.05, 3.63) is 33.9 Å². The molecule has 0 aliphatic heterocycles. The quantitative estimate of drug-likeness (QED) is 0.586. The van der Waals surface area contributed by atoms with E-state index in [-0.39, 0.29) is 12.1 Å². The fraction of sp³-hybridized carbons (Fsp3) is 0.333. The third-order valence-electron chi connectivity index (χ3n) is 2.57. The number of non-ortho nitro benzene ring substituents is 1. The Labute approximate surface area is 114 Å². The van der Waals surface area contributed by atoms with E-state index >= 15 is 0 Å². The molecule has 1 atom stereocenters. The molecule has 0 radical (unpaired) electrons. The zero-order chi connectivity index (χ0) is 15.3. The number of carboxylic acid groups (broad SMARTS) is 1. The number of aliphatic carboxylic acids is 1. The molecular formula is C12H14N2O6. The summed E-state index contributed by atoms with van der Waals surface area (Å²) in [5, 5.41) is 22.0. The molecule has 1 rings (SSSR count). The highest BCUT2D eigenvalue weighted by atomic mass is 16.6. The second-order valence-electron chi connectivity index (χ2n) is 4.05. The van der Waals surface area contributed by atoms with Crippen molar-refractivity contribution in [2.75, 3.05) is 7.11 Å². The Morgan fingerprint density at radius 2 is 2.15 bits per heavy atom. The predicted octanol–water partition coefficient (Wildman–Crippen LogP) is 0.735. The van der Waals surface area contributed by atoms with Gasteiger partial charge in [-0.2, -0.15) is 0 Å². The Balaban J connectivity index is 3.09. The summed E-state index contributed by atoms with van der Waals surface area (Å²) in [5.41, 5.74) is 0.163. The Morgan fingerprint density at radius 1 is 1.50 bits per heavy atom. The summed E-state index contributed by atoms with van der Waals surface area (Å²) in [6, 6.07) is 2.70. The average molecular weight is 282 g/mol. The molecule has 8 nitrogen and oxygen atoms in total. The van der Waals surface area contributed by atoms with Crippen LogP contribution in [0.25, 0.3) is 0 Å². The van der Waals surface area contributed by atoms with Gasteiger partial charge < -0.3 is 15.2 Å². The normalized spacial score (nSPS) is 11.5. The second-order valence-corrected chi connectivity index (χ2v) is 4.05. The number of amides is 1. The van der Waals surface area contributed by atoms with Crippen LogP contribution < -0.4 is 10.1 Å². The van der Waals surface area contributed by atoms with Gasteiger partial charge in [0.15, 0.2) is 0 Å². The number of carboxylic acids is 1. The molecule has 108 valence electrons. The number of methoxy groups -OCH3 is 1. The Morgan fingerprint density at radius 3 is 2.60 bits per heavy atom. The van der Waals surface area contributed by atoms with Gasteiger partial charge in [0.2, 0.25) is 5.91 Å². The van der Waals surface area contributed by atoms with Gasteiger partial charge in [-0.25, -0.2) is 4.79 Å². The lowest BCUT2D eigenvalue weighted by atomic mass is 10.0. The Hall–Kier alpha value is -2.64. The molecule has 0 aromatic heterocycles. The minimum atomic E-state index is -1.23. The van der Waals surface area contributed by atoms with Crippen molar-refractivity contribution in [2.24, 2.45) is 0 Å². The van der Waals surface area contributed by atoms with E-state index in [1.165, 1.54) is 32.2 Å².